The fraction of sp³-hybridized carbons (Fsp3) is 0.500. The lowest BCUT2D eigenvalue weighted by Gasteiger charge is -2.18. The molecule has 17 heavy (non-hydrogen) atoms. The molecule has 0 radical (unpaired) electrons. The minimum Gasteiger partial charge on any atom is -0.494 e. The molecule has 94 valence electrons. The van der Waals surface area contributed by atoms with Crippen LogP contribution in [0.15, 0.2) is 23.1 Å². The number of benzene rings is 1. The minimum absolute atomic E-state index is 0.381. The summed E-state index contributed by atoms with van der Waals surface area (Å²) in [5.74, 6) is 0.759. The van der Waals surface area contributed by atoms with E-state index in [1.807, 2.05) is 6.07 Å². The van der Waals surface area contributed by atoms with Crippen LogP contribution in [-0.2, 0) is 16.4 Å². The Morgan fingerprint density at radius 1 is 1.41 bits per heavy atom. The van der Waals surface area contributed by atoms with Gasteiger partial charge in [-0.2, -0.15) is 0 Å². The summed E-state index contributed by atoms with van der Waals surface area (Å²) in [6.07, 6.45) is 2.82. The van der Waals surface area contributed by atoms with Gasteiger partial charge in [0.2, 0.25) is 10.0 Å². The van der Waals surface area contributed by atoms with Crippen molar-refractivity contribution in [1.82, 2.24) is 4.72 Å². The van der Waals surface area contributed by atoms with Gasteiger partial charge in [0.25, 0.3) is 0 Å². The average Bonchev–Trinajstić information content (AvgIpc) is 2.29. The molecule has 0 unspecified atom stereocenters. The zero-order chi connectivity index (χ0) is 12.3. The summed E-state index contributed by atoms with van der Waals surface area (Å²) in [4.78, 5) is 0.381. The maximum absolute atomic E-state index is 11.7. The van der Waals surface area contributed by atoms with Gasteiger partial charge in [-0.25, -0.2) is 13.1 Å². The van der Waals surface area contributed by atoms with Crippen molar-refractivity contribution in [2.45, 2.75) is 31.1 Å². The molecule has 0 spiro atoms. The zero-order valence-electron chi connectivity index (χ0n) is 9.90. The molecule has 0 bridgehead atoms. The second kappa shape index (κ2) is 5.06. The average molecular weight is 255 g/mol. The molecule has 4 nitrogen and oxygen atoms in total. The van der Waals surface area contributed by atoms with Crippen LogP contribution in [0.2, 0.25) is 0 Å². The van der Waals surface area contributed by atoms with Crippen LogP contribution in [0.5, 0.6) is 5.75 Å². The number of ether oxygens (including phenoxy) is 1. The van der Waals surface area contributed by atoms with E-state index >= 15 is 0 Å². The number of hydrogen-bond acceptors (Lipinski definition) is 3. The molecule has 1 aliphatic rings. The lowest BCUT2D eigenvalue weighted by Crippen LogP contribution is -2.31. The summed E-state index contributed by atoms with van der Waals surface area (Å²) >= 11 is 0. The first-order valence-electron chi connectivity index (χ1n) is 5.89. The van der Waals surface area contributed by atoms with E-state index in [0.29, 0.717) is 18.0 Å². The highest BCUT2D eigenvalue weighted by Crippen LogP contribution is 2.24. The van der Waals surface area contributed by atoms with Crippen LogP contribution >= 0.6 is 0 Å². The second-order valence-corrected chi connectivity index (χ2v) is 5.85. The normalized spacial score (nSPS) is 17.5. The van der Waals surface area contributed by atoms with E-state index in [0.717, 1.165) is 30.6 Å². The number of nitrogens with one attached hydrogen (secondary N) is 1. The molecule has 0 amide bonds. The summed E-state index contributed by atoms with van der Waals surface area (Å²) in [7, 11) is -3.29. The molecule has 1 heterocycles. The summed E-state index contributed by atoms with van der Waals surface area (Å²) in [6.45, 7) is 3.25. The molecule has 1 aromatic rings. The fourth-order valence-electron chi connectivity index (χ4n) is 1.84. The Kier molecular flexibility index (Phi) is 3.69. The van der Waals surface area contributed by atoms with Gasteiger partial charge in [0.05, 0.1) is 11.5 Å². The third-order valence-electron chi connectivity index (χ3n) is 2.77. The third kappa shape index (κ3) is 2.79. The number of unbranched alkanes of at least 4 members (excludes halogenated alkanes) is 1. The molecule has 2 rings (SSSR count). The van der Waals surface area contributed by atoms with E-state index in [4.69, 9.17) is 4.74 Å². The molecular weight excluding hydrogens is 238 g/mol. The van der Waals surface area contributed by atoms with E-state index in [2.05, 4.69) is 11.6 Å². The number of rotatable bonds is 4. The van der Waals surface area contributed by atoms with Gasteiger partial charge in [0, 0.05) is 6.54 Å². The van der Waals surface area contributed by atoms with E-state index in [1.165, 1.54) is 0 Å². The van der Waals surface area contributed by atoms with E-state index in [9.17, 15) is 8.42 Å². The maximum atomic E-state index is 11.7. The predicted octanol–water partition coefficient (Wildman–Crippen LogP) is 1.70. The largest absolute Gasteiger partial charge is 0.494 e. The first-order chi connectivity index (χ1) is 8.13. The Balaban J connectivity index is 2.20. The molecule has 1 N–H and O–H groups in total. The minimum atomic E-state index is -3.29. The quantitative estimate of drug-likeness (QED) is 0.833. The Bertz CT molecular complexity index is 496. The van der Waals surface area contributed by atoms with Crippen LogP contribution in [0.3, 0.4) is 0 Å². The van der Waals surface area contributed by atoms with Crippen molar-refractivity contribution in [3.05, 3.63) is 23.8 Å². The highest BCUT2D eigenvalue weighted by Gasteiger charge is 2.22. The number of fused-ring (bicyclic) bond motifs is 1. The van der Waals surface area contributed by atoms with Gasteiger partial charge in [0.1, 0.15) is 5.75 Å². The standard InChI is InChI=1S/C12H17NO3S/c1-2-3-8-16-11-4-5-12-10(9-11)6-7-13-17(12,14)15/h4-5,9,13H,2-3,6-8H2,1H3. The molecule has 1 aromatic carbocycles. The van der Waals surface area contributed by atoms with Gasteiger partial charge < -0.3 is 4.74 Å². The molecule has 0 atom stereocenters. The topological polar surface area (TPSA) is 55.4 Å². The molecule has 1 aliphatic heterocycles. The molecular formula is C12H17NO3S. The molecule has 0 aromatic heterocycles. The lowest BCUT2D eigenvalue weighted by molar-refractivity contribution is 0.309. The lowest BCUT2D eigenvalue weighted by atomic mass is 10.1. The summed E-state index contributed by atoms with van der Waals surface area (Å²) < 4.78 is 31.5. The van der Waals surface area contributed by atoms with Gasteiger partial charge in [-0.15, -0.1) is 0 Å². The first kappa shape index (κ1) is 12.4. The monoisotopic (exact) mass is 255 g/mol. The Hall–Kier alpha value is -1.07. The van der Waals surface area contributed by atoms with Crippen molar-refractivity contribution in [2.24, 2.45) is 0 Å². The van der Waals surface area contributed by atoms with Crippen LogP contribution in [0, 0.1) is 0 Å². The number of hydrogen-bond donors (Lipinski definition) is 1. The third-order valence-corrected chi connectivity index (χ3v) is 4.34. The fourth-order valence-corrected chi connectivity index (χ4v) is 3.11. The molecule has 0 saturated carbocycles. The summed E-state index contributed by atoms with van der Waals surface area (Å²) in [5, 5.41) is 0. The summed E-state index contributed by atoms with van der Waals surface area (Å²) in [6, 6.07) is 5.18. The highest BCUT2D eigenvalue weighted by atomic mass is 32.2. The van der Waals surface area contributed by atoms with Crippen LogP contribution in [0.4, 0.5) is 0 Å². The second-order valence-electron chi connectivity index (χ2n) is 4.12. The predicted molar refractivity (Wildman–Crippen MR) is 65.7 cm³/mol. The molecule has 0 aliphatic carbocycles. The Morgan fingerprint density at radius 3 is 3.00 bits per heavy atom. The smallest absolute Gasteiger partial charge is 0.240 e. The van der Waals surface area contributed by atoms with Crippen molar-refractivity contribution < 1.29 is 13.2 Å². The number of sulfonamides is 1. The van der Waals surface area contributed by atoms with Crippen molar-refractivity contribution >= 4 is 10.0 Å². The van der Waals surface area contributed by atoms with Crippen LogP contribution in [0.1, 0.15) is 25.3 Å². The highest BCUT2D eigenvalue weighted by molar-refractivity contribution is 7.89. The molecule has 0 saturated heterocycles. The SMILES string of the molecule is CCCCOc1ccc2c(c1)CCNS2(=O)=O. The van der Waals surface area contributed by atoms with Gasteiger partial charge >= 0.3 is 0 Å². The molecule has 5 heteroatoms. The van der Waals surface area contributed by atoms with Crippen molar-refractivity contribution in [2.75, 3.05) is 13.2 Å². The summed E-state index contributed by atoms with van der Waals surface area (Å²) in [5.41, 5.74) is 0.845. The van der Waals surface area contributed by atoms with Gasteiger partial charge in [-0.3, -0.25) is 0 Å². The van der Waals surface area contributed by atoms with Crippen molar-refractivity contribution in [3.8, 4) is 5.75 Å². The van der Waals surface area contributed by atoms with Crippen LogP contribution < -0.4 is 9.46 Å². The maximum Gasteiger partial charge on any atom is 0.240 e. The van der Waals surface area contributed by atoms with E-state index in [-0.39, 0.29) is 0 Å². The molecule has 0 fully saturated rings. The zero-order valence-corrected chi connectivity index (χ0v) is 10.7. The van der Waals surface area contributed by atoms with Gasteiger partial charge in [-0.05, 0) is 36.6 Å². The first-order valence-corrected chi connectivity index (χ1v) is 7.37. The van der Waals surface area contributed by atoms with E-state index in [1.54, 1.807) is 12.1 Å². The van der Waals surface area contributed by atoms with Crippen LogP contribution in [0.25, 0.3) is 0 Å². The van der Waals surface area contributed by atoms with Gasteiger partial charge in [-0.1, -0.05) is 13.3 Å². The van der Waals surface area contributed by atoms with Crippen LogP contribution in [-0.4, -0.2) is 21.6 Å². The van der Waals surface area contributed by atoms with Gasteiger partial charge in [0.15, 0.2) is 0 Å². The van der Waals surface area contributed by atoms with E-state index < -0.39 is 10.0 Å². The Labute approximate surface area is 102 Å². The van der Waals surface area contributed by atoms with Crippen molar-refractivity contribution in [3.63, 3.8) is 0 Å². The van der Waals surface area contributed by atoms with Crippen molar-refractivity contribution in [1.29, 1.82) is 0 Å². The Morgan fingerprint density at radius 2 is 2.24 bits per heavy atom.